The highest BCUT2D eigenvalue weighted by Crippen LogP contribution is 2.32. The summed E-state index contributed by atoms with van der Waals surface area (Å²) in [6.07, 6.45) is 2.76. The number of rotatable bonds is 2. The highest BCUT2D eigenvalue weighted by atomic mass is 127. The fourth-order valence-corrected chi connectivity index (χ4v) is 3.14. The van der Waals surface area contributed by atoms with Crippen molar-refractivity contribution < 1.29 is 9.18 Å². The first-order valence-corrected chi connectivity index (χ1v) is 7.69. The summed E-state index contributed by atoms with van der Waals surface area (Å²) in [7, 11) is 0. The topological polar surface area (TPSA) is 20.3 Å². The van der Waals surface area contributed by atoms with Crippen molar-refractivity contribution in [3.8, 4) is 0 Å². The summed E-state index contributed by atoms with van der Waals surface area (Å²) in [6.45, 7) is 2.56. The molecule has 0 radical (unpaired) electrons. The molecule has 0 N–H and O–H groups in total. The molecule has 0 aliphatic carbocycles. The largest absolute Gasteiger partial charge is 0.311 e. The molecule has 0 spiro atoms. The van der Waals surface area contributed by atoms with Crippen LogP contribution in [0.25, 0.3) is 5.70 Å². The Morgan fingerprint density at radius 2 is 2.28 bits per heavy atom. The molecule has 18 heavy (non-hydrogen) atoms. The van der Waals surface area contributed by atoms with Gasteiger partial charge in [-0.25, -0.2) is 4.39 Å². The number of amides is 1. The summed E-state index contributed by atoms with van der Waals surface area (Å²) in [6, 6.07) is 4.54. The van der Waals surface area contributed by atoms with Crippen LogP contribution >= 0.6 is 38.5 Å². The molecular weight excluding hydrogens is 412 g/mol. The van der Waals surface area contributed by atoms with E-state index >= 15 is 0 Å². The quantitative estimate of drug-likeness (QED) is 0.520. The average Bonchev–Trinajstić information content (AvgIpc) is 2.33. The van der Waals surface area contributed by atoms with Gasteiger partial charge in [0.1, 0.15) is 5.82 Å². The number of nitrogens with zero attached hydrogens (tertiary/aromatic N) is 1. The van der Waals surface area contributed by atoms with E-state index < -0.39 is 0 Å². The second-order valence-electron chi connectivity index (χ2n) is 4.00. The van der Waals surface area contributed by atoms with E-state index in [0.717, 1.165) is 17.7 Å². The maximum absolute atomic E-state index is 13.1. The van der Waals surface area contributed by atoms with Gasteiger partial charge in [-0.15, -0.1) is 0 Å². The van der Waals surface area contributed by atoms with Gasteiger partial charge < -0.3 is 4.90 Å². The molecule has 0 saturated heterocycles. The van der Waals surface area contributed by atoms with Crippen LogP contribution in [0.2, 0.25) is 0 Å². The fraction of sp³-hybridized carbons (Fsp3) is 0.308. The number of carbonyl (C=O) groups excluding carboxylic acids is 1. The molecule has 1 aromatic carbocycles. The summed E-state index contributed by atoms with van der Waals surface area (Å²) >= 11 is 5.51. The number of hydrogen-bond acceptors (Lipinski definition) is 1. The van der Waals surface area contributed by atoms with E-state index in [9.17, 15) is 9.18 Å². The standard InChI is InChI=1S/C13H12BrFINO/c1-2-17-12(6-5-11(16)13(17)18)9-4-3-8(15)7-10(9)14/h3-4,6-7,11H,2,5H2,1H3. The van der Waals surface area contributed by atoms with Crippen LogP contribution in [0.3, 0.4) is 0 Å². The smallest absolute Gasteiger partial charge is 0.240 e. The predicted octanol–water partition coefficient (Wildman–Crippen LogP) is 3.98. The Balaban J connectivity index is 2.45. The van der Waals surface area contributed by atoms with Crippen LogP contribution < -0.4 is 0 Å². The third kappa shape index (κ3) is 2.61. The Hall–Kier alpha value is -0.430. The van der Waals surface area contributed by atoms with Crippen molar-refractivity contribution in [1.29, 1.82) is 0 Å². The van der Waals surface area contributed by atoms with E-state index in [1.807, 2.05) is 13.0 Å². The molecule has 2 nitrogen and oxygen atoms in total. The van der Waals surface area contributed by atoms with Gasteiger partial charge in [-0.2, -0.15) is 0 Å². The molecule has 96 valence electrons. The van der Waals surface area contributed by atoms with Crippen molar-refractivity contribution in [2.45, 2.75) is 17.3 Å². The van der Waals surface area contributed by atoms with Crippen molar-refractivity contribution in [1.82, 2.24) is 4.90 Å². The molecule has 2 rings (SSSR count). The molecule has 1 amide bonds. The molecule has 1 atom stereocenters. The third-order valence-electron chi connectivity index (χ3n) is 2.87. The number of alkyl halides is 1. The first-order valence-electron chi connectivity index (χ1n) is 5.65. The van der Waals surface area contributed by atoms with Crippen LogP contribution in [-0.2, 0) is 4.79 Å². The summed E-state index contributed by atoms with van der Waals surface area (Å²) in [5, 5.41) is 0. The average molecular weight is 424 g/mol. The Labute approximate surface area is 128 Å². The Morgan fingerprint density at radius 1 is 1.56 bits per heavy atom. The molecule has 1 heterocycles. The van der Waals surface area contributed by atoms with Gasteiger partial charge in [0, 0.05) is 22.3 Å². The van der Waals surface area contributed by atoms with Gasteiger partial charge in [0.2, 0.25) is 5.91 Å². The summed E-state index contributed by atoms with van der Waals surface area (Å²) in [4.78, 5) is 13.9. The van der Waals surface area contributed by atoms with E-state index in [-0.39, 0.29) is 15.6 Å². The molecule has 1 unspecified atom stereocenters. The number of allylic oxidation sites excluding steroid dienone is 1. The lowest BCUT2D eigenvalue weighted by atomic mass is 10.0. The SMILES string of the molecule is CCN1C(=O)C(I)CC=C1c1ccc(F)cc1Br. The van der Waals surface area contributed by atoms with Gasteiger partial charge in [-0.1, -0.05) is 28.7 Å². The molecule has 0 bridgehead atoms. The zero-order chi connectivity index (χ0) is 13.3. The molecule has 1 aromatic rings. The van der Waals surface area contributed by atoms with Gasteiger partial charge in [-0.05, 0) is 47.5 Å². The summed E-state index contributed by atoms with van der Waals surface area (Å²) < 4.78 is 13.8. The molecule has 0 aromatic heterocycles. The van der Waals surface area contributed by atoms with Crippen LogP contribution in [0.4, 0.5) is 4.39 Å². The van der Waals surface area contributed by atoms with Crippen LogP contribution in [0.5, 0.6) is 0 Å². The van der Waals surface area contributed by atoms with E-state index in [1.54, 1.807) is 11.0 Å². The second kappa shape index (κ2) is 5.69. The molecule has 1 aliphatic heterocycles. The molecule has 0 fully saturated rings. The molecular formula is C13H12BrFINO. The Morgan fingerprint density at radius 3 is 2.89 bits per heavy atom. The van der Waals surface area contributed by atoms with Crippen molar-refractivity contribution in [2.75, 3.05) is 6.54 Å². The Bertz CT molecular complexity index is 518. The van der Waals surface area contributed by atoms with Crippen molar-refractivity contribution in [3.05, 3.63) is 40.1 Å². The van der Waals surface area contributed by atoms with Gasteiger partial charge in [0.25, 0.3) is 0 Å². The lowest BCUT2D eigenvalue weighted by Crippen LogP contribution is -2.38. The van der Waals surface area contributed by atoms with Crippen LogP contribution in [0.15, 0.2) is 28.7 Å². The van der Waals surface area contributed by atoms with Gasteiger partial charge >= 0.3 is 0 Å². The van der Waals surface area contributed by atoms with E-state index in [1.165, 1.54) is 12.1 Å². The van der Waals surface area contributed by atoms with Gasteiger partial charge in [-0.3, -0.25) is 4.79 Å². The number of carbonyl (C=O) groups is 1. The van der Waals surface area contributed by atoms with E-state index in [2.05, 4.69) is 38.5 Å². The monoisotopic (exact) mass is 423 g/mol. The van der Waals surface area contributed by atoms with Crippen molar-refractivity contribution in [2.24, 2.45) is 0 Å². The second-order valence-corrected chi connectivity index (χ2v) is 6.36. The van der Waals surface area contributed by atoms with Crippen LogP contribution in [-0.4, -0.2) is 21.3 Å². The minimum absolute atomic E-state index is 0.00877. The highest BCUT2D eigenvalue weighted by molar-refractivity contribution is 14.1. The maximum atomic E-state index is 13.1. The molecule has 1 aliphatic rings. The lowest BCUT2D eigenvalue weighted by Gasteiger charge is -2.30. The van der Waals surface area contributed by atoms with Gasteiger partial charge in [0.05, 0.1) is 3.92 Å². The highest BCUT2D eigenvalue weighted by Gasteiger charge is 2.28. The third-order valence-corrected chi connectivity index (χ3v) is 4.56. The van der Waals surface area contributed by atoms with Crippen LogP contribution in [0.1, 0.15) is 18.9 Å². The van der Waals surface area contributed by atoms with Crippen LogP contribution in [0, 0.1) is 5.82 Å². The summed E-state index contributed by atoms with van der Waals surface area (Å²) in [5.41, 5.74) is 1.72. The zero-order valence-electron chi connectivity index (χ0n) is 9.79. The first kappa shape index (κ1) is 14.0. The molecule has 0 saturated carbocycles. The maximum Gasteiger partial charge on any atom is 0.240 e. The zero-order valence-corrected chi connectivity index (χ0v) is 13.5. The predicted molar refractivity (Wildman–Crippen MR) is 81.9 cm³/mol. The number of halogens is 3. The Kier molecular flexibility index (Phi) is 4.42. The van der Waals surface area contributed by atoms with E-state index in [0.29, 0.717) is 11.0 Å². The van der Waals surface area contributed by atoms with Gasteiger partial charge in [0.15, 0.2) is 0 Å². The van der Waals surface area contributed by atoms with Crippen molar-refractivity contribution in [3.63, 3.8) is 0 Å². The normalized spacial score (nSPS) is 20.0. The fourth-order valence-electron chi connectivity index (χ4n) is 1.99. The molecule has 5 heteroatoms. The van der Waals surface area contributed by atoms with E-state index in [4.69, 9.17) is 0 Å². The number of hydrogen-bond donors (Lipinski definition) is 0. The van der Waals surface area contributed by atoms with Crippen molar-refractivity contribution >= 4 is 50.1 Å². The minimum Gasteiger partial charge on any atom is -0.311 e. The minimum atomic E-state index is -0.289. The number of benzene rings is 1. The summed E-state index contributed by atoms with van der Waals surface area (Å²) in [5.74, 6) is -0.171. The first-order chi connectivity index (χ1) is 8.54. The lowest BCUT2D eigenvalue weighted by molar-refractivity contribution is -0.127.